The van der Waals surface area contributed by atoms with E-state index in [1.807, 2.05) is 48.5 Å². The molecule has 0 aliphatic rings. The highest BCUT2D eigenvalue weighted by Crippen LogP contribution is 2.32. The number of rotatable bonds is 5. The SMILES string of the molecule is Oc1ccc2nc(F)nc(N(OCc3ccccn3)c3ccccc3)c2c1. The third-order valence-corrected chi connectivity index (χ3v) is 3.88. The first-order chi connectivity index (χ1) is 13.2. The number of nitrogens with zero attached hydrogens (tertiary/aromatic N) is 4. The van der Waals surface area contributed by atoms with Gasteiger partial charge in [-0.1, -0.05) is 24.3 Å². The van der Waals surface area contributed by atoms with E-state index in [4.69, 9.17) is 4.84 Å². The lowest BCUT2D eigenvalue weighted by Crippen LogP contribution is -2.20. The van der Waals surface area contributed by atoms with Gasteiger partial charge in [-0.3, -0.25) is 9.82 Å². The molecular weight excluding hydrogens is 347 g/mol. The van der Waals surface area contributed by atoms with E-state index in [0.717, 1.165) is 0 Å². The Bertz CT molecular complexity index is 1060. The predicted octanol–water partition coefficient (Wildman–Crippen LogP) is 4.14. The van der Waals surface area contributed by atoms with Gasteiger partial charge >= 0.3 is 6.08 Å². The summed E-state index contributed by atoms with van der Waals surface area (Å²) in [6.45, 7) is 0.154. The van der Waals surface area contributed by atoms with Crippen LogP contribution < -0.4 is 5.06 Å². The molecule has 0 aliphatic carbocycles. The summed E-state index contributed by atoms with van der Waals surface area (Å²) in [5.41, 5.74) is 1.72. The molecule has 1 N–H and O–H groups in total. The summed E-state index contributed by atoms with van der Waals surface area (Å²) in [4.78, 5) is 17.9. The van der Waals surface area contributed by atoms with Crippen molar-refractivity contribution < 1.29 is 14.3 Å². The number of hydrogen-bond donors (Lipinski definition) is 1. The second-order valence-corrected chi connectivity index (χ2v) is 5.74. The van der Waals surface area contributed by atoms with Gasteiger partial charge in [0.2, 0.25) is 0 Å². The average molecular weight is 362 g/mol. The van der Waals surface area contributed by atoms with Crippen LogP contribution in [-0.2, 0) is 11.4 Å². The topological polar surface area (TPSA) is 71.4 Å². The maximum Gasteiger partial charge on any atom is 0.311 e. The van der Waals surface area contributed by atoms with Crippen molar-refractivity contribution in [1.29, 1.82) is 0 Å². The number of para-hydroxylation sites is 1. The summed E-state index contributed by atoms with van der Waals surface area (Å²) in [6.07, 6.45) is 0.786. The first-order valence-corrected chi connectivity index (χ1v) is 8.25. The molecule has 0 fully saturated rings. The van der Waals surface area contributed by atoms with Crippen LogP contribution in [0, 0.1) is 6.08 Å². The quantitative estimate of drug-likeness (QED) is 0.425. The molecule has 4 aromatic rings. The minimum absolute atomic E-state index is 0.0247. The van der Waals surface area contributed by atoms with E-state index in [1.54, 1.807) is 6.20 Å². The number of benzene rings is 2. The Morgan fingerprint density at radius 3 is 2.56 bits per heavy atom. The normalized spacial score (nSPS) is 10.9. The van der Waals surface area contributed by atoms with Crippen molar-refractivity contribution >= 4 is 22.4 Å². The summed E-state index contributed by atoms with van der Waals surface area (Å²) in [5, 5.41) is 11.7. The number of phenols is 1. The van der Waals surface area contributed by atoms with Crippen LogP contribution in [-0.4, -0.2) is 20.1 Å². The fourth-order valence-electron chi connectivity index (χ4n) is 2.66. The first kappa shape index (κ1) is 16.9. The maximum absolute atomic E-state index is 14.1. The molecule has 27 heavy (non-hydrogen) atoms. The van der Waals surface area contributed by atoms with Gasteiger partial charge in [0.15, 0.2) is 5.82 Å². The molecule has 4 rings (SSSR count). The van der Waals surface area contributed by atoms with Gasteiger partial charge in [-0.2, -0.15) is 9.37 Å². The molecule has 0 radical (unpaired) electrons. The third-order valence-electron chi connectivity index (χ3n) is 3.88. The van der Waals surface area contributed by atoms with Crippen molar-refractivity contribution in [3.63, 3.8) is 0 Å². The van der Waals surface area contributed by atoms with Gasteiger partial charge in [-0.05, 0) is 42.5 Å². The maximum atomic E-state index is 14.1. The molecule has 0 unspecified atom stereocenters. The van der Waals surface area contributed by atoms with E-state index in [2.05, 4.69) is 15.0 Å². The molecule has 2 aromatic carbocycles. The van der Waals surface area contributed by atoms with Gasteiger partial charge in [0.1, 0.15) is 12.4 Å². The van der Waals surface area contributed by atoms with Gasteiger partial charge < -0.3 is 5.11 Å². The Morgan fingerprint density at radius 1 is 0.963 bits per heavy atom. The van der Waals surface area contributed by atoms with E-state index in [-0.39, 0.29) is 18.2 Å². The molecular formula is C20H15FN4O2. The summed E-state index contributed by atoms with van der Waals surface area (Å²) >= 11 is 0. The van der Waals surface area contributed by atoms with Gasteiger partial charge in [0, 0.05) is 11.6 Å². The standard InChI is InChI=1S/C20H15FN4O2/c21-20-23-18-10-9-16(26)12-17(18)19(24-20)25(15-7-2-1-3-8-15)27-13-14-6-4-5-11-22-14/h1-12,26H,13H2. The molecule has 0 saturated carbocycles. The van der Waals surface area contributed by atoms with Crippen LogP contribution in [0.5, 0.6) is 5.75 Å². The highest BCUT2D eigenvalue weighted by Gasteiger charge is 2.18. The summed E-state index contributed by atoms with van der Waals surface area (Å²) in [5.74, 6) is 0.215. The number of phenolic OH excluding ortho intramolecular Hbond substituents is 1. The van der Waals surface area contributed by atoms with Crippen molar-refractivity contribution in [1.82, 2.24) is 15.0 Å². The molecule has 6 nitrogen and oxygen atoms in total. The second-order valence-electron chi connectivity index (χ2n) is 5.74. The van der Waals surface area contributed by atoms with Crippen LogP contribution >= 0.6 is 0 Å². The Kier molecular flexibility index (Phi) is 4.59. The number of pyridine rings is 1. The molecule has 2 aromatic heterocycles. The molecule has 0 bridgehead atoms. The lowest BCUT2D eigenvalue weighted by molar-refractivity contribution is 0.118. The predicted molar refractivity (Wildman–Crippen MR) is 98.8 cm³/mol. The van der Waals surface area contributed by atoms with E-state index >= 15 is 0 Å². The van der Waals surface area contributed by atoms with Crippen LogP contribution in [0.3, 0.4) is 0 Å². The fourth-order valence-corrected chi connectivity index (χ4v) is 2.66. The van der Waals surface area contributed by atoms with Crippen LogP contribution in [0.25, 0.3) is 10.9 Å². The molecule has 0 amide bonds. The molecule has 2 heterocycles. The minimum atomic E-state index is -0.884. The minimum Gasteiger partial charge on any atom is -0.508 e. The van der Waals surface area contributed by atoms with E-state index in [0.29, 0.717) is 22.3 Å². The Labute approximate surface area is 154 Å². The summed E-state index contributed by atoms with van der Waals surface area (Å²) < 4.78 is 14.1. The zero-order valence-corrected chi connectivity index (χ0v) is 14.2. The number of halogens is 1. The average Bonchev–Trinajstić information content (AvgIpc) is 2.70. The van der Waals surface area contributed by atoms with Crippen molar-refractivity contribution in [2.24, 2.45) is 0 Å². The number of aromatic nitrogens is 3. The number of fused-ring (bicyclic) bond motifs is 1. The molecule has 0 aliphatic heterocycles. The van der Waals surface area contributed by atoms with Gasteiger partial charge in [-0.25, -0.2) is 10.0 Å². The molecule has 0 atom stereocenters. The van der Waals surface area contributed by atoms with Gasteiger partial charge in [0.25, 0.3) is 0 Å². The van der Waals surface area contributed by atoms with E-state index in [9.17, 15) is 9.50 Å². The number of hydrogen-bond acceptors (Lipinski definition) is 6. The zero-order chi connectivity index (χ0) is 18.6. The molecule has 0 spiro atoms. The molecule has 134 valence electrons. The number of anilines is 2. The zero-order valence-electron chi connectivity index (χ0n) is 14.2. The first-order valence-electron chi connectivity index (χ1n) is 8.25. The monoisotopic (exact) mass is 362 g/mol. The molecule has 0 saturated heterocycles. The lowest BCUT2D eigenvalue weighted by Gasteiger charge is -2.24. The van der Waals surface area contributed by atoms with Crippen LogP contribution in [0.1, 0.15) is 5.69 Å². The Balaban J connectivity index is 1.81. The number of aromatic hydroxyl groups is 1. The van der Waals surface area contributed by atoms with Crippen molar-refractivity contribution in [2.45, 2.75) is 6.61 Å². The van der Waals surface area contributed by atoms with Gasteiger partial charge in [0.05, 0.1) is 16.9 Å². The van der Waals surface area contributed by atoms with Crippen LogP contribution in [0.2, 0.25) is 0 Å². The molecule has 7 heteroatoms. The van der Waals surface area contributed by atoms with Crippen LogP contribution in [0.15, 0.2) is 72.9 Å². The smallest absolute Gasteiger partial charge is 0.311 e. The highest BCUT2D eigenvalue weighted by molar-refractivity contribution is 5.91. The van der Waals surface area contributed by atoms with Crippen molar-refractivity contribution in [2.75, 3.05) is 5.06 Å². The fraction of sp³-hybridized carbons (Fsp3) is 0.0500. The van der Waals surface area contributed by atoms with E-state index in [1.165, 1.54) is 23.3 Å². The third kappa shape index (κ3) is 3.68. The van der Waals surface area contributed by atoms with Crippen molar-refractivity contribution in [3.05, 3.63) is 84.7 Å². The summed E-state index contributed by atoms with van der Waals surface area (Å²) in [6, 6.07) is 19.1. The Morgan fingerprint density at radius 2 is 1.78 bits per heavy atom. The van der Waals surface area contributed by atoms with Gasteiger partial charge in [-0.15, -0.1) is 0 Å². The highest BCUT2D eigenvalue weighted by atomic mass is 19.1. The summed E-state index contributed by atoms with van der Waals surface area (Å²) in [7, 11) is 0. The Hall–Kier alpha value is -3.58. The second kappa shape index (κ2) is 7.35. The largest absolute Gasteiger partial charge is 0.508 e. The van der Waals surface area contributed by atoms with E-state index < -0.39 is 6.08 Å². The van der Waals surface area contributed by atoms with Crippen LogP contribution in [0.4, 0.5) is 15.9 Å². The lowest BCUT2D eigenvalue weighted by atomic mass is 10.2. The van der Waals surface area contributed by atoms with Crippen molar-refractivity contribution in [3.8, 4) is 5.75 Å².